The molecule has 0 bridgehead atoms. The number of aliphatic imine (C=N–C) groups is 1. The van der Waals surface area contributed by atoms with Gasteiger partial charge >= 0.3 is 0 Å². The van der Waals surface area contributed by atoms with Gasteiger partial charge < -0.3 is 9.88 Å². The fourth-order valence-corrected chi connectivity index (χ4v) is 4.81. The zero-order valence-corrected chi connectivity index (χ0v) is 20.0. The zero-order chi connectivity index (χ0) is 21.4. The van der Waals surface area contributed by atoms with Gasteiger partial charge in [0.15, 0.2) is 5.17 Å². The van der Waals surface area contributed by atoms with Gasteiger partial charge in [-0.2, -0.15) is 0 Å². The van der Waals surface area contributed by atoms with Gasteiger partial charge in [-0.3, -0.25) is 4.79 Å². The van der Waals surface area contributed by atoms with Gasteiger partial charge in [0.05, 0.1) is 20.6 Å². The van der Waals surface area contributed by atoms with E-state index in [4.69, 9.17) is 23.2 Å². The second-order valence-electron chi connectivity index (χ2n) is 6.70. The van der Waals surface area contributed by atoms with Crippen molar-refractivity contribution in [1.82, 2.24) is 9.88 Å². The highest BCUT2D eigenvalue weighted by Crippen LogP contribution is 2.35. The normalized spacial score (nSPS) is 16.5. The third-order valence-corrected chi connectivity index (χ3v) is 6.84. The Kier molecular flexibility index (Phi) is 6.11. The Hall–Kier alpha value is -1.99. The highest BCUT2D eigenvalue weighted by atomic mass is 79.9. The minimum Gasteiger partial charge on any atom is -0.318 e. The predicted molar refractivity (Wildman–Crippen MR) is 130 cm³/mol. The molecule has 1 aliphatic heterocycles. The number of carbonyl (C=O) groups is 1. The van der Waals surface area contributed by atoms with Crippen LogP contribution in [0.4, 0.5) is 5.69 Å². The summed E-state index contributed by atoms with van der Waals surface area (Å²) >= 11 is 17.1. The summed E-state index contributed by atoms with van der Waals surface area (Å²) in [5.41, 5.74) is 4.69. The lowest BCUT2D eigenvalue weighted by atomic mass is 10.2. The van der Waals surface area contributed by atoms with E-state index in [1.807, 2.05) is 32.1 Å². The van der Waals surface area contributed by atoms with Crippen molar-refractivity contribution in [3.63, 3.8) is 0 Å². The molecule has 4 nitrogen and oxygen atoms in total. The summed E-state index contributed by atoms with van der Waals surface area (Å²) in [6, 6.07) is 15.4. The number of amides is 1. The first kappa shape index (κ1) is 21.2. The Labute approximate surface area is 197 Å². The lowest BCUT2D eigenvalue weighted by molar-refractivity contribution is -0.115. The number of hydrogen-bond acceptors (Lipinski definition) is 3. The molecule has 0 unspecified atom stereocenters. The van der Waals surface area contributed by atoms with Gasteiger partial charge in [-0.05, 0) is 73.6 Å². The van der Waals surface area contributed by atoms with E-state index in [9.17, 15) is 4.79 Å². The van der Waals surface area contributed by atoms with Crippen molar-refractivity contribution < 1.29 is 4.79 Å². The Morgan fingerprint density at radius 3 is 2.67 bits per heavy atom. The molecule has 8 heteroatoms. The maximum Gasteiger partial charge on any atom is 0.264 e. The number of nitrogens with one attached hydrogen (secondary N) is 1. The first-order valence-corrected chi connectivity index (χ1v) is 11.4. The number of halogens is 3. The van der Waals surface area contributed by atoms with Crippen molar-refractivity contribution in [3.8, 4) is 5.69 Å². The molecule has 4 rings (SSSR count). The van der Waals surface area contributed by atoms with Crippen LogP contribution in [0.1, 0.15) is 17.0 Å². The highest BCUT2D eigenvalue weighted by molar-refractivity contribution is 9.10. The number of benzene rings is 2. The van der Waals surface area contributed by atoms with Gasteiger partial charge in [-0.15, -0.1) is 0 Å². The van der Waals surface area contributed by atoms with E-state index in [1.165, 1.54) is 11.8 Å². The summed E-state index contributed by atoms with van der Waals surface area (Å²) in [5.74, 6) is -0.191. The van der Waals surface area contributed by atoms with Gasteiger partial charge in [0.1, 0.15) is 0 Å². The third kappa shape index (κ3) is 4.23. The number of aromatic nitrogens is 1. The van der Waals surface area contributed by atoms with Gasteiger partial charge in [-0.1, -0.05) is 51.3 Å². The average Bonchev–Trinajstić information content (AvgIpc) is 3.17. The first-order chi connectivity index (χ1) is 14.3. The van der Waals surface area contributed by atoms with Gasteiger partial charge in [0.2, 0.25) is 0 Å². The Bertz CT molecular complexity index is 1230. The maximum atomic E-state index is 12.5. The molecular weight excluding hydrogens is 505 g/mol. The second kappa shape index (κ2) is 8.63. The number of amidine groups is 1. The van der Waals surface area contributed by atoms with Crippen molar-refractivity contribution in [2.24, 2.45) is 4.99 Å². The lowest BCUT2D eigenvalue weighted by Crippen LogP contribution is -2.19. The molecule has 2 aromatic carbocycles. The Morgan fingerprint density at radius 2 is 1.90 bits per heavy atom. The summed E-state index contributed by atoms with van der Waals surface area (Å²) in [7, 11) is 0. The standard InChI is InChI=1S/C22H16BrCl2N3OS/c1-12-9-14(13(2)28(12)16-6-3-5-15(23)11-16)10-19-21(29)27-22(30-19)26-18-8-4-7-17(24)20(18)25/h3-11H,1-2H3,(H,26,27,29)/b19-10+. The van der Waals surface area contributed by atoms with Crippen LogP contribution in [0.25, 0.3) is 11.8 Å². The topological polar surface area (TPSA) is 46.4 Å². The quantitative estimate of drug-likeness (QED) is 0.376. The minimum absolute atomic E-state index is 0.191. The molecular formula is C22H16BrCl2N3OS. The number of aryl methyl sites for hydroxylation is 1. The molecule has 152 valence electrons. The van der Waals surface area contributed by atoms with Crippen LogP contribution in [0.15, 0.2) is 62.9 Å². The molecule has 0 spiro atoms. The smallest absolute Gasteiger partial charge is 0.264 e. The highest BCUT2D eigenvalue weighted by Gasteiger charge is 2.25. The molecule has 1 aromatic heterocycles. The number of thioether (sulfide) groups is 1. The summed E-state index contributed by atoms with van der Waals surface area (Å²) < 4.78 is 3.17. The van der Waals surface area contributed by atoms with Crippen molar-refractivity contribution >= 4 is 73.7 Å². The molecule has 30 heavy (non-hydrogen) atoms. The Morgan fingerprint density at radius 1 is 1.13 bits per heavy atom. The minimum atomic E-state index is -0.191. The summed E-state index contributed by atoms with van der Waals surface area (Å²) in [5, 5.41) is 4.04. The molecule has 2 heterocycles. The SMILES string of the molecule is Cc1cc(/C=C2/SC(=Nc3cccc(Cl)c3Cl)NC2=O)c(C)n1-c1cccc(Br)c1. The van der Waals surface area contributed by atoms with Crippen LogP contribution >= 0.6 is 50.9 Å². The van der Waals surface area contributed by atoms with E-state index in [-0.39, 0.29) is 5.91 Å². The van der Waals surface area contributed by atoms with Crippen molar-refractivity contribution in [2.75, 3.05) is 0 Å². The van der Waals surface area contributed by atoms with Crippen LogP contribution in [0.5, 0.6) is 0 Å². The average molecular weight is 521 g/mol. The van der Waals surface area contributed by atoms with Crippen LogP contribution < -0.4 is 5.32 Å². The van der Waals surface area contributed by atoms with Crippen LogP contribution in [-0.2, 0) is 4.79 Å². The number of rotatable bonds is 3. The molecule has 0 radical (unpaired) electrons. The third-order valence-electron chi connectivity index (χ3n) is 4.63. The molecule has 1 saturated heterocycles. The predicted octanol–water partition coefficient (Wildman–Crippen LogP) is 7.06. The Balaban J connectivity index is 1.66. The molecule has 0 saturated carbocycles. The van der Waals surface area contributed by atoms with Gasteiger partial charge in [-0.25, -0.2) is 4.99 Å². The van der Waals surface area contributed by atoms with Crippen LogP contribution in [0, 0.1) is 13.8 Å². The van der Waals surface area contributed by atoms with E-state index >= 15 is 0 Å². The summed E-state index contributed by atoms with van der Waals surface area (Å²) in [6.07, 6.45) is 1.89. The first-order valence-electron chi connectivity index (χ1n) is 9.02. The van der Waals surface area contributed by atoms with Crippen molar-refractivity contribution in [1.29, 1.82) is 0 Å². The van der Waals surface area contributed by atoms with E-state index in [2.05, 4.69) is 49.0 Å². The maximum absolute atomic E-state index is 12.5. The molecule has 1 N–H and O–H groups in total. The largest absolute Gasteiger partial charge is 0.318 e. The number of carbonyl (C=O) groups excluding carboxylic acids is 1. The summed E-state index contributed by atoms with van der Waals surface area (Å²) in [4.78, 5) is 17.5. The second-order valence-corrected chi connectivity index (χ2v) is 9.43. The van der Waals surface area contributed by atoms with Crippen molar-refractivity contribution in [2.45, 2.75) is 13.8 Å². The molecule has 3 aromatic rings. The monoisotopic (exact) mass is 519 g/mol. The molecule has 0 aliphatic carbocycles. The van der Waals surface area contributed by atoms with Gasteiger partial charge in [0.25, 0.3) is 5.91 Å². The van der Waals surface area contributed by atoms with Crippen LogP contribution in [-0.4, -0.2) is 15.6 Å². The zero-order valence-electron chi connectivity index (χ0n) is 16.0. The van der Waals surface area contributed by atoms with E-state index in [0.717, 1.165) is 27.1 Å². The summed E-state index contributed by atoms with van der Waals surface area (Å²) in [6.45, 7) is 4.09. The molecule has 1 aliphatic rings. The van der Waals surface area contributed by atoms with Crippen LogP contribution in [0.3, 0.4) is 0 Å². The molecule has 1 amide bonds. The fraction of sp³-hybridized carbons (Fsp3) is 0.0909. The van der Waals surface area contributed by atoms with E-state index in [1.54, 1.807) is 18.2 Å². The van der Waals surface area contributed by atoms with E-state index in [0.29, 0.717) is 25.8 Å². The van der Waals surface area contributed by atoms with Crippen molar-refractivity contribution in [3.05, 3.63) is 84.9 Å². The number of hydrogen-bond donors (Lipinski definition) is 1. The molecule has 1 fully saturated rings. The van der Waals surface area contributed by atoms with E-state index < -0.39 is 0 Å². The fourth-order valence-electron chi connectivity index (χ4n) is 3.26. The van der Waals surface area contributed by atoms with Gasteiger partial charge in [0, 0.05) is 21.5 Å². The lowest BCUT2D eigenvalue weighted by Gasteiger charge is -2.10. The number of nitrogens with zero attached hydrogens (tertiary/aromatic N) is 2. The van der Waals surface area contributed by atoms with Crippen LogP contribution in [0.2, 0.25) is 10.0 Å². The molecule has 0 atom stereocenters.